The number of carboxylic acid groups (broad SMARTS) is 1. The lowest BCUT2D eigenvalue weighted by Crippen LogP contribution is -2.16. The Morgan fingerprint density at radius 3 is 1.88 bits per heavy atom. The maximum Gasteiger partial charge on any atom is 0.337 e. The molecule has 0 aliphatic carbocycles. The largest absolute Gasteiger partial charge is 0.478 e. The van der Waals surface area contributed by atoms with Crippen LogP contribution in [0, 0.1) is 10.1 Å². The van der Waals surface area contributed by atoms with Gasteiger partial charge in [0.15, 0.2) is 0 Å². The number of nitro benzene ring substituents is 1. The molecule has 0 saturated heterocycles. The highest BCUT2D eigenvalue weighted by Gasteiger charge is 2.16. The highest BCUT2D eigenvalue weighted by molar-refractivity contribution is 6.33. The van der Waals surface area contributed by atoms with Crippen molar-refractivity contribution in [2.45, 2.75) is 0 Å². The van der Waals surface area contributed by atoms with Crippen molar-refractivity contribution in [1.82, 2.24) is 0 Å². The molecule has 0 atom stereocenters. The fraction of sp³-hybridized carbons (Fsp3) is 0. The second kappa shape index (κ2) is 9.46. The van der Waals surface area contributed by atoms with Crippen LogP contribution in [0.25, 0.3) is 0 Å². The van der Waals surface area contributed by atoms with E-state index in [1.807, 2.05) is 0 Å². The van der Waals surface area contributed by atoms with Crippen molar-refractivity contribution in [3.8, 4) is 0 Å². The normalized spacial score (nSPS) is 10.3. The number of nitrogens with zero attached hydrogens (tertiary/aromatic N) is 1. The number of hydrogen-bond acceptors (Lipinski definition) is 5. The number of anilines is 2. The molecule has 3 aromatic carbocycles. The van der Waals surface area contributed by atoms with Gasteiger partial charge >= 0.3 is 5.97 Å². The average molecular weight is 474 g/mol. The van der Waals surface area contributed by atoms with Crippen LogP contribution in [0.3, 0.4) is 0 Å². The Hall–Kier alpha value is -3.95. The molecular formula is C21H13Cl2N3O6. The molecule has 3 N–H and O–H groups in total. The lowest BCUT2D eigenvalue weighted by atomic mass is 10.1. The van der Waals surface area contributed by atoms with Crippen LogP contribution < -0.4 is 10.6 Å². The number of nitrogens with one attached hydrogen (secondary N) is 2. The van der Waals surface area contributed by atoms with Crippen LogP contribution in [0.1, 0.15) is 31.1 Å². The lowest BCUT2D eigenvalue weighted by Gasteiger charge is -2.09. The Kier molecular flexibility index (Phi) is 6.72. The molecule has 0 radical (unpaired) electrons. The number of amides is 2. The fourth-order valence-corrected chi connectivity index (χ4v) is 3.09. The Morgan fingerprint density at radius 2 is 1.34 bits per heavy atom. The molecule has 162 valence electrons. The van der Waals surface area contributed by atoms with Crippen LogP contribution in [0.2, 0.25) is 10.0 Å². The Labute approximate surface area is 190 Å². The summed E-state index contributed by atoms with van der Waals surface area (Å²) in [6.07, 6.45) is 0. The number of carbonyl (C=O) groups excluding carboxylic acids is 2. The highest BCUT2D eigenvalue weighted by Crippen LogP contribution is 2.27. The Bertz CT molecular complexity index is 1170. The third-order valence-electron chi connectivity index (χ3n) is 4.24. The minimum atomic E-state index is -1.24. The van der Waals surface area contributed by atoms with Crippen molar-refractivity contribution in [2.75, 3.05) is 10.6 Å². The molecule has 9 nitrogen and oxygen atoms in total. The van der Waals surface area contributed by atoms with Crippen molar-refractivity contribution < 1.29 is 24.4 Å². The predicted octanol–water partition coefficient (Wildman–Crippen LogP) is 5.10. The van der Waals surface area contributed by atoms with Crippen LogP contribution in [0.5, 0.6) is 0 Å². The summed E-state index contributed by atoms with van der Waals surface area (Å²) in [6.45, 7) is 0. The van der Waals surface area contributed by atoms with Crippen LogP contribution in [-0.2, 0) is 0 Å². The maximum atomic E-state index is 12.6. The smallest absolute Gasteiger partial charge is 0.337 e. The number of carboxylic acids is 1. The summed E-state index contributed by atoms with van der Waals surface area (Å²) in [7, 11) is 0. The highest BCUT2D eigenvalue weighted by atomic mass is 35.5. The molecule has 3 rings (SSSR count). The zero-order chi connectivity index (χ0) is 23.4. The molecule has 0 bridgehead atoms. The van der Waals surface area contributed by atoms with Gasteiger partial charge in [-0.15, -0.1) is 0 Å². The first kappa shape index (κ1) is 22.7. The van der Waals surface area contributed by atoms with Gasteiger partial charge in [-0.1, -0.05) is 29.3 Å². The van der Waals surface area contributed by atoms with Crippen molar-refractivity contribution >= 4 is 58.0 Å². The summed E-state index contributed by atoms with van der Waals surface area (Å²) in [5.74, 6) is -2.43. The monoisotopic (exact) mass is 473 g/mol. The van der Waals surface area contributed by atoms with E-state index in [-0.39, 0.29) is 43.8 Å². The van der Waals surface area contributed by atoms with E-state index in [0.29, 0.717) is 0 Å². The third-order valence-corrected chi connectivity index (χ3v) is 4.89. The van der Waals surface area contributed by atoms with Gasteiger partial charge in [-0.05, 0) is 48.5 Å². The minimum Gasteiger partial charge on any atom is -0.478 e. The molecule has 0 spiro atoms. The van der Waals surface area contributed by atoms with Crippen LogP contribution in [-0.4, -0.2) is 27.8 Å². The van der Waals surface area contributed by atoms with E-state index in [1.165, 1.54) is 54.6 Å². The van der Waals surface area contributed by atoms with Gasteiger partial charge in [-0.2, -0.15) is 0 Å². The van der Waals surface area contributed by atoms with E-state index in [9.17, 15) is 24.5 Å². The van der Waals surface area contributed by atoms with Gasteiger partial charge < -0.3 is 15.7 Å². The zero-order valence-corrected chi connectivity index (χ0v) is 17.5. The number of hydrogen-bond donors (Lipinski definition) is 3. The third kappa shape index (κ3) is 5.20. The number of benzene rings is 3. The molecule has 0 aliphatic rings. The molecule has 0 saturated carbocycles. The molecule has 0 heterocycles. The van der Waals surface area contributed by atoms with Crippen LogP contribution >= 0.6 is 23.2 Å². The van der Waals surface area contributed by atoms with E-state index in [1.54, 1.807) is 0 Å². The van der Waals surface area contributed by atoms with Gasteiger partial charge in [-0.25, -0.2) is 4.79 Å². The van der Waals surface area contributed by atoms with Gasteiger partial charge in [0.1, 0.15) is 5.02 Å². The number of nitro groups is 1. The molecule has 0 fully saturated rings. The average Bonchev–Trinajstić information content (AvgIpc) is 2.76. The molecular weight excluding hydrogens is 461 g/mol. The summed E-state index contributed by atoms with van der Waals surface area (Å²) >= 11 is 11.6. The zero-order valence-electron chi connectivity index (χ0n) is 16.0. The number of aromatic carboxylic acids is 1. The quantitative estimate of drug-likeness (QED) is 0.336. The molecule has 11 heteroatoms. The lowest BCUT2D eigenvalue weighted by molar-refractivity contribution is -0.384. The molecule has 0 aromatic heterocycles. The van der Waals surface area contributed by atoms with Gasteiger partial charge in [0.2, 0.25) is 0 Å². The standard InChI is InChI=1S/C21H13Cl2N3O6/c22-16-6-4-13(9-15(16)21(29)30)24-19(27)11-2-1-3-12(8-11)20(28)25-14-5-7-17(23)18(10-14)26(31)32/h1-10H,(H,24,27)(H,25,28)(H,29,30). The van der Waals surface area contributed by atoms with Gasteiger partial charge in [-0.3, -0.25) is 19.7 Å². The molecule has 0 aliphatic heterocycles. The van der Waals surface area contributed by atoms with E-state index in [2.05, 4.69) is 10.6 Å². The van der Waals surface area contributed by atoms with Crippen molar-refractivity contribution in [3.63, 3.8) is 0 Å². The second-order valence-electron chi connectivity index (χ2n) is 6.41. The molecule has 3 aromatic rings. The second-order valence-corrected chi connectivity index (χ2v) is 7.23. The van der Waals surface area contributed by atoms with E-state index < -0.39 is 22.7 Å². The summed E-state index contributed by atoms with van der Waals surface area (Å²) in [4.78, 5) is 46.6. The topological polar surface area (TPSA) is 139 Å². The SMILES string of the molecule is O=C(Nc1ccc(Cl)c(C(=O)O)c1)c1cccc(C(=O)Nc2ccc(Cl)c([N+](=O)[O-])c2)c1. The predicted molar refractivity (Wildman–Crippen MR) is 119 cm³/mol. The summed E-state index contributed by atoms with van der Waals surface area (Å²) in [5, 5.41) is 25.1. The van der Waals surface area contributed by atoms with Crippen molar-refractivity contribution in [3.05, 3.63) is 97.5 Å². The molecule has 0 unspecified atom stereocenters. The summed E-state index contributed by atoms with van der Waals surface area (Å²) in [5.41, 5.74) is 0.0866. The summed E-state index contributed by atoms with van der Waals surface area (Å²) in [6, 6.07) is 13.5. The summed E-state index contributed by atoms with van der Waals surface area (Å²) < 4.78 is 0. The number of carbonyl (C=O) groups is 3. The van der Waals surface area contributed by atoms with Crippen molar-refractivity contribution in [2.24, 2.45) is 0 Å². The fourth-order valence-electron chi connectivity index (χ4n) is 2.71. The first-order valence-corrected chi connectivity index (χ1v) is 9.61. The van der Waals surface area contributed by atoms with E-state index in [0.717, 1.165) is 6.07 Å². The Balaban J connectivity index is 1.78. The number of halogens is 2. The molecule has 2 amide bonds. The molecule has 32 heavy (non-hydrogen) atoms. The van der Waals surface area contributed by atoms with E-state index in [4.69, 9.17) is 28.3 Å². The number of rotatable bonds is 6. The van der Waals surface area contributed by atoms with Crippen LogP contribution in [0.15, 0.2) is 60.7 Å². The van der Waals surface area contributed by atoms with Gasteiger partial charge in [0.25, 0.3) is 17.5 Å². The van der Waals surface area contributed by atoms with Crippen LogP contribution in [0.4, 0.5) is 17.1 Å². The van der Waals surface area contributed by atoms with Gasteiger partial charge in [0.05, 0.1) is 15.5 Å². The maximum absolute atomic E-state index is 12.6. The minimum absolute atomic E-state index is 0.0246. The van der Waals surface area contributed by atoms with E-state index >= 15 is 0 Å². The van der Waals surface area contributed by atoms with Gasteiger partial charge in [0, 0.05) is 28.6 Å². The van der Waals surface area contributed by atoms with Crippen molar-refractivity contribution in [1.29, 1.82) is 0 Å². The first-order valence-electron chi connectivity index (χ1n) is 8.85. The Morgan fingerprint density at radius 1 is 0.812 bits per heavy atom. The first-order chi connectivity index (χ1) is 15.2.